The summed E-state index contributed by atoms with van der Waals surface area (Å²) in [6.45, 7) is 2.65. The zero-order valence-electron chi connectivity index (χ0n) is 6.05. The average Bonchev–Trinajstić information content (AvgIpc) is 1.91. The average molecular weight is 202 g/mol. The molecule has 0 amide bonds. The van der Waals surface area contributed by atoms with Crippen LogP contribution in [0.5, 0.6) is 0 Å². The summed E-state index contributed by atoms with van der Waals surface area (Å²) in [4.78, 5) is 0. The van der Waals surface area contributed by atoms with Gasteiger partial charge in [0.15, 0.2) is 0 Å². The molecule has 0 atom stereocenters. The molecule has 0 heterocycles. The summed E-state index contributed by atoms with van der Waals surface area (Å²) in [6, 6.07) is 9.97. The van der Waals surface area contributed by atoms with Gasteiger partial charge >= 0.3 is 0 Å². The Morgan fingerprint density at radius 1 is 1.30 bits per heavy atom. The van der Waals surface area contributed by atoms with E-state index in [1.165, 1.54) is 0 Å². The van der Waals surface area contributed by atoms with E-state index in [0.717, 1.165) is 11.0 Å². The van der Waals surface area contributed by atoms with E-state index in [4.69, 9.17) is 5.73 Å². The van der Waals surface area contributed by atoms with Gasteiger partial charge in [-0.15, -0.1) is 0 Å². The lowest BCUT2D eigenvalue weighted by Gasteiger charge is -1.80. The maximum absolute atomic E-state index is 4.85. The number of halogens is 1. The first-order chi connectivity index (χ1) is 4.81. The Kier molecular flexibility index (Phi) is 6.55. The van der Waals surface area contributed by atoms with Crippen LogP contribution in [0.2, 0.25) is 0 Å². The molecule has 0 aromatic heterocycles. The fourth-order valence-electron chi connectivity index (χ4n) is 0.415. The monoisotopic (exact) mass is 201 g/mol. The maximum atomic E-state index is 4.85. The van der Waals surface area contributed by atoms with E-state index in [-0.39, 0.29) is 0 Å². The van der Waals surface area contributed by atoms with Gasteiger partial charge in [-0.25, -0.2) is 0 Å². The van der Waals surface area contributed by atoms with Gasteiger partial charge < -0.3 is 5.73 Å². The number of hydrogen-bond donors (Lipinski definition) is 1. The van der Waals surface area contributed by atoms with Crippen molar-refractivity contribution in [2.75, 3.05) is 6.54 Å². The second-order valence-corrected chi connectivity index (χ2v) is 2.62. The molecule has 1 nitrogen and oxygen atoms in total. The van der Waals surface area contributed by atoms with Crippen molar-refractivity contribution in [3.05, 3.63) is 34.8 Å². The Morgan fingerprint density at radius 3 is 1.90 bits per heavy atom. The van der Waals surface area contributed by atoms with Gasteiger partial charge in [0.2, 0.25) is 0 Å². The van der Waals surface area contributed by atoms with Gasteiger partial charge in [-0.05, 0) is 18.7 Å². The number of benzene rings is 1. The molecule has 0 fully saturated rings. The van der Waals surface area contributed by atoms with Crippen LogP contribution in [0.4, 0.5) is 0 Å². The molecule has 0 saturated carbocycles. The molecule has 0 radical (unpaired) electrons. The van der Waals surface area contributed by atoms with Crippen LogP contribution in [0.15, 0.2) is 34.8 Å². The molecule has 56 valence electrons. The normalized spacial score (nSPS) is 7.90. The van der Waals surface area contributed by atoms with E-state index in [9.17, 15) is 0 Å². The van der Waals surface area contributed by atoms with Crippen molar-refractivity contribution >= 4 is 15.9 Å². The van der Waals surface area contributed by atoms with Crippen LogP contribution in [0.3, 0.4) is 0 Å². The molecule has 0 aliphatic heterocycles. The molecule has 1 aromatic carbocycles. The highest BCUT2D eigenvalue weighted by Gasteiger charge is 1.74. The third kappa shape index (κ3) is 5.79. The standard InChI is InChI=1S/C6H5Br.C2H7N/c7-6-4-2-1-3-5-6;1-2-3/h1-5H;2-3H2,1H3. The first-order valence-electron chi connectivity index (χ1n) is 3.22. The van der Waals surface area contributed by atoms with Crippen LogP contribution < -0.4 is 5.73 Å². The predicted molar refractivity (Wildman–Crippen MR) is 48.9 cm³/mol. The summed E-state index contributed by atoms with van der Waals surface area (Å²) in [5.41, 5.74) is 4.85. The second-order valence-electron chi connectivity index (χ2n) is 1.70. The summed E-state index contributed by atoms with van der Waals surface area (Å²) in [5, 5.41) is 0. The Bertz CT molecular complexity index is 151. The van der Waals surface area contributed by atoms with Gasteiger partial charge in [0.1, 0.15) is 0 Å². The topological polar surface area (TPSA) is 26.0 Å². The molecule has 2 N–H and O–H groups in total. The van der Waals surface area contributed by atoms with Crippen LogP contribution >= 0.6 is 15.9 Å². The number of hydrogen-bond acceptors (Lipinski definition) is 1. The number of rotatable bonds is 0. The minimum absolute atomic E-state index is 0.750. The molecule has 0 aliphatic carbocycles. The fraction of sp³-hybridized carbons (Fsp3) is 0.250. The van der Waals surface area contributed by atoms with Crippen LogP contribution in [0.25, 0.3) is 0 Å². The summed E-state index contributed by atoms with van der Waals surface area (Å²) in [6.07, 6.45) is 0. The van der Waals surface area contributed by atoms with Crippen LogP contribution in [-0.4, -0.2) is 6.54 Å². The highest BCUT2D eigenvalue weighted by molar-refractivity contribution is 9.10. The van der Waals surface area contributed by atoms with E-state index in [1.807, 2.05) is 37.3 Å². The second kappa shape index (κ2) is 6.78. The molecular formula is C8H12BrN. The van der Waals surface area contributed by atoms with Gasteiger partial charge in [0.05, 0.1) is 0 Å². The Morgan fingerprint density at radius 2 is 1.70 bits per heavy atom. The quantitative estimate of drug-likeness (QED) is 0.686. The lowest BCUT2D eigenvalue weighted by molar-refractivity contribution is 1.14. The Hall–Kier alpha value is -0.340. The SMILES string of the molecule is Brc1ccccc1.CCN. The van der Waals surface area contributed by atoms with Crippen molar-refractivity contribution < 1.29 is 0 Å². The van der Waals surface area contributed by atoms with E-state index < -0.39 is 0 Å². The van der Waals surface area contributed by atoms with Crippen molar-refractivity contribution in [1.29, 1.82) is 0 Å². The zero-order valence-corrected chi connectivity index (χ0v) is 7.64. The largest absolute Gasteiger partial charge is 0.331 e. The highest BCUT2D eigenvalue weighted by Crippen LogP contribution is 2.05. The third-order valence-electron chi connectivity index (χ3n) is 0.733. The molecular weight excluding hydrogens is 190 g/mol. The van der Waals surface area contributed by atoms with E-state index in [2.05, 4.69) is 15.9 Å². The summed E-state index contributed by atoms with van der Waals surface area (Å²) in [7, 11) is 0. The number of nitrogens with two attached hydrogens (primary N) is 1. The zero-order chi connectivity index (χ0) is 7.82. The van der Waals surface area contributed by atoms with E-state index >= 15 is 0 Å². The Balaban J connectivity index is 0.000000236. The minimum Gasteiger partial charge on any atom is -0.331 e. The van der Waals surface area contributed by atoms with Crippen molar-refractivity contribution in [2.24, 2.45) is 5.73 Å². The fourth-order valence-corrected chi connectivity index (χ4v) is 0.720. The van der Waals surface area contributed by atoms with E-state index in [0.29, 0.717) is 0 Å². The summed E-state index contributed by atoms with van der Waals surface area (Å²) < 4.78 is 1.13. The van der Waals surface area contributed by atoms with Crippen LogP contribution in [-0.2, 0) is 0 Å². The van der Waals surface area contributed by atoms with Gasteiger partial charge in [-0.1, -0.05) is 41.1 Å². The summed E-state index contributed by atoms with van der Waals surface area (Å²) in [5.74, 6) is 0. The van der Waals surface area contributed by atoms with Gasteiger partial charge in [0, 0.05) is 4.47 Å². The third-order valence-corrected chi connectivity index (χ3v) is 1.26. The van der Waals surface area contributed by atoms with Gasteiger partial charge in [0.25, 0.3) is 0 Å². The van der Waals surface area contributed by atoms with Crippen molar-refractivity contribution in [2.45, 2.75) is 6.92 Å². The molecule has 1 rings (SSSR count). The van der Waals surface area contributed by atoms with E-state index in [1.54, 1.807) is 0 Å². The first-order valence-corrected chi connectivity index (χ1v) is 4.01. The maximum Gasteiger partial charge on any atom is 0.0175 e. The minimum atomic E-state index is 0.750. The van der Waals surface area contributed by atoms with Gasteiger partial charge in [-0.3, -0.25) is 0 Å². The molecule has 10 heavy (non-hydrogen) atoms. The molecule has 2 heteroatoms. The van der Waals surface area contributed by atoms with Crippen molar-refractivity contribution in [3.8, 4) is 0 Å². The van der Waals surface area contributed by atoms with Crippen LogP contribution in [0.1, 0.15) is 6.92 Å². The molecule has 0 unspecified atom stereocenters. The molecule has 0 saturated heterocycles. The molecule has 0 aliphatic rings. The summed E-state index contributed by atoms with van der Waals surface area (Å²) >= 11 is 3.31. The first kappa shape index (κ1) is 9.66. The van der Waals surface area contributed by atoms with Crippen molar-refractivity contribution in [1.82, 2.24) is 0 Å². The lowest BCUT2D eigenvalue weighted by Crippen LogP contribution is -1.87. The lowest BCUT2D eigenvalue weighted by atomic mass is 10.4. The van der Waals surface area contributed by atoms with Gasteiger partial charge in [-0.2, -0.15) is 0 Å². The highest BCUT2D eigenvalue weighted by atomic mass is 79.9. The van der Waals surface area contributed by atoms with Crippen molar-refractivity contribution in [3.63, 3.8) is 0 Å². The van der Waals surface area contributed by atoms with Crippen LogP contribution in [0, 0.1) is 0 Å². The smallest absolute Gasteiger partial charge is 0.0175 e. The predicted octanol–water partition coefficient (Wildman–Crippen LogP) is 2.41. The Labute approximate surface area is 70.4 Å². The molecule has 1 aromatic rings. The molecule has 0 spiro atoms. The molecule has 0 bridgehead atoms.